The standard InChI is InChI=1S/C58H75N3O15SSi4/c1-52(2,3)78(13)73-57(74-79(14)53(4,5)6,40-21-17-19-38(33-40)49(63)64)44(31-36-23-27-42(28-24-36)60(69)70)48-47(51(67)68)59-46(62)35-56(59,77-48)45(32-37-25-29-43(30-26-37)61(71)72)58(75-80(15)54(7,8)9,76-81(16)55(10,11)12)41-22-18-20-39(34-41)50(65)66/h17-30,33-34,44-45H,31-32,35H2,1-16H3,(H,63,64)(H,65,66)(H,67,68)/t44-,45-,56?/m0/s1. The second-order valence-corrected chi connectivity index (χ2v) is 37.6. The van der Waals surface area contributed by atoms with Crippen molar-refractivity contribution in [2.75, 3.05) is 0 Å². The summed E-state index contributed by atoms with van der Waals surface area (Å²) >= 11 is 1.10. The van der Waals surface area contributed by atoms with Gasteiger partial charge in [-0.25, -0.2) is 14.4 Å². The molecule has 0 bridgehead atoms. The minimum atomic E-state index is -2.11. The fourth-order valence-corrected chi connectivity index (χ4v) is 15.5. The molecule has 18 nitrogen and oxygen atoms in total. The molecule has 2 aliphatic rings. The van der Waals surface area contributed by atoms with Crippen LogP contribution < -0.4 is 0 Å². The van der Waals surface area contributed by atoms with Crippen molar-refractivity contribution in [1.82, 2.24) is 4.90 Å². The van der Waals surface area contributed by atoms with Crippen LogP contribution in [0.1, 0.15) is 132 Å². The molecule has 1 saturated heterocycles. The van der Waals surface area contributed by atoms with Gasteiger partial charge < -0.3 is 33.0 Å². The average molecular weight is 1200 g/mol. The number of thioether (sulfide) groups is 1. The van der Waals surface area contributed by atoms with Gasteiger partial charge in [-0.05, 0) is 94.6 Å². The molecular weight excluding hydrogens is 1120 g/mol. The third kappa shape index (κ3) is 13.7. The molecule has 3 atom stereocenters. The van der Waals surface area contributed by atoms with Gasteiger partial charge >= 0.3 is 17.9 Å². The second kappa shape index (κ2) is 23.9. The number of carboxylic acid groups (broad SMARTS) is 3. The highest BCUT2D eigenvalue weighted by atomic mass is 32.2. The van der Waals surface area contributed by atoms with Crippen LogP contribution in [-0.4, -0.2) is 94.9 Å². The van der Waals surface area contributed by atoms with Crippen molar-refractivity contribution in [2.45, 2.75) is 165 Å². The van der Waals surface area contributed by atoms with Crippen molar-refractivity contribution in [3.05, 3.63) is 161 Å². The number of non-ortho nitro benzene ring substituents is 2. The molecule has 0 spiro atoms. The molecule has 0 aliphatic carbocycles. The Hall–Kier alpha value is -5.64. The number of hydrogen-bond donors (Lipinski definition) is 3. The van der Waals surface area contributed by atoms with Crippen LogP contribution in [-0.2, 0) is 51.7 Å². The first kappa shape index (κ1) is 64.5. The molecule has 1 unspecified atom stereocenters. The fraction of sp³-hybridized carbons (Fsp3) is 0.483. The van der Waals surface area contributed by atoms with Gasteiger partial charge in [0.25, 0.3) is 11.4 Å². The Morgan fingerprint density at radius 2 is 0.938 bits per heavy atom. The molecule has 2 aliphatic heterocycles. The SMILES string of the molecule is C[Si](OC(O[Si](C)C(C)(C)C)(c1cccc(C(=O)O)c1)[C@@H](Cc1ccc([N+](=O)[O-])cc1)C12CC(=O)N1C(C(=O)O)=C([C@H](Cc1ccc([N+](=O)[O-])cc1)C(O[Si](C)C(C)(C)C)(O[Si](C)C(C)(C)C)c1cccc(C(=O)O)c1)S2)C(C)(C)C. The lowest BCUT2D eigenvalue weighted by Crippen LogP contribution is -2.69. The van der Waals surface area contributed by atoms with E-state index >= 15 is 4.79 Å². The van der Waals surface area contributed by atoms with Crippen molar-refractivity contribution in [2.24, 2.45) is 11.8 Å². The molecule has 4 aromatic carbocycles. The number of fused-ring (bicyclic) bond motifs is 1. The van der Waals surface area contributed by atoms with Crippen molar-refractivity contribution in [3.8, 4) is 0 Å². The van der Waals surface area contributed by atoms with E-state index < -0.39 is 124 Å². The van der Waals surface area contributed by atoms with Gasteiger partial charge in [-0.3, -0.25) is 29.9 Å². The van der Waals surface area contributed by atoms with Crippen molar-refractivity contribution < 1.29 is 62.0 Å². The number of rotatable bonds is 23. The number of aromatic carboxylic acids is 2. The third-order valence-electron chi connectivity index (χ3n) is 15.4. The molecule has 4 aromatic rings. The summed E-state index contributed by atoms with van der Waals surface area (Å²) in [7, 11) is -8.42. The van der Waals surface area contributed by atoms with E-state index in [1.54, 1.807) is 48.5 Å². The number of carbonyl (C=O) groups excluding carboxylic acids is 1. The summed E-state index contributed by atoms with van der Waals surface area (Å²) in [5.74, 6) is -11.0. The Kier molecular flexibility index (Phi) is 19.0. The monoisotopic (exact) mass is 1200 g/mol. The first-order chi connectivity index (χ1) is 37.3. The van der Waals surface area contributed by atoms with Crippen LogP contribution in [0.15, 0.2) is 108 Å². The van der Waals surface area contributed by atoms with Gasteiger partial charge in [0.05, 0.1) is 39.2 Å². The van der Waals surface area contributed by atoms with Crippen LogP contribution in [0.4, 0.5) is 11.4 Å². The molecule has 0 saturated carbocycles. The number of hydrogen-bond acceptors (Lipinski definition) is 13. The van der Waals surface area contributed by atoms with Gasteiger partial charge in [-0.15, -0.1) is 0 Å². The van der Waals surface area contributed by atoms with Crippen molar-refractivity contribution >= 4 is 83.1 Å². The molecule has 4 radical (unpaired) electrons. The largest absolute Gasteiger partial charge is 0.478 e. The van der Waals surface area contributed by atoms with E-state index in [-0.39, 0.29) is 57.8 Å². The first-order valence-corrected chi connectivity index (χ1v) is 35.0. The van der Waals surface area contributed by atoms with Gasteiger partial charge in [0.1, 0.15) is 10.6 Å². The van der Waals surface area contributed by atoms with E-state index in [1.807, 2.05) is 109 Å². The number of nitro groups is 2. The lowest BCUT2D eigenvalue weighted by atomic mass is 9.75. The number of benzene rings is 4. The molecule has 81 heavy (non-hydrogen) atoms. The van der Waals surface area contributed by atoms with Gasteiger partial charge in [0, 0.05) is 40.3 Å². The van der Waals surface area contributed by atoms with Gasteiger partial charge in [-0.1, -0.05) is 143 Å². The molecule has 2 heterocycles. The number of carboxylic acids is 3. The maximum Gasteiger partial charge on any atom is 0.353 e. The van der Waals surface area contributed by atoms with E-state index in [0.29, 0.717) is 11.1 Å². The molecular formula is C58H75N3O15SSi4. The zero-order valence-electron chi connectivity index (χ0n) is 49.0. The summed E-state index contributed by atoms with van der Waals surface area (Å²) in [6, 6.07) is 24.1. The third-order valence-corrected chi connectivity index (χ3v) is 27.9. The zero-order valence-corrected chi connectivity index (χ0v) is 53.8. The van der Waals surface area contributed by atoms with Crippen LogP contribution in [0.2, 0.25) is 46.3 Å². The number of nitro benzene ring substituents is 2. The van der Waals surface area contributed by atoms with Crippen LogP contribution in [0.25, 0.3) is 0 Å². The lowest BCUT2D eigenvalue weighted by Gasteiger charge is -2.58. The highest BCUT2D eigenvalue weighted by molar-refractivity contribution is 8.04. The van der Waals surface area contributed by atoms with E-state index in [4.69, 9.17) is 17.7 Å². The Labute approximate surface area is 485 Å². The Bertz CT molecular complexity index is 3030. The van der Waals surface area contributed by atoms with Gasteiger partial charge in [0.2, 0.25) is 42.1 Å². The molecule has 1 amide bonds. The quantitative estimate of drug-likeness (QED) is 0.0205. The summed E-state index contributed by atoms with van der Waals surface area (Å²) in [6.45, 7) is 31.9. The maximum atomic E-state index is 15.2. The summed E-state index contributed by atoms with van der Waals surface area (Å²) in [4.78, 5) is 79.0. The molecule has 434 valence electrons. The topological polar surface area (TPSA) is 255 Å². The zero-order chi connectivity index (χ0) is 60.7. The molecule has 0 aromatic heterocycles. The lowest BCUT2D eigenvalue weighted by molar-refractivity contribution is -0.385. The summed E-state index contributed by atoms with van der Waals surface area (Å²) in [5.41, 5.74) is 0.538. The van der Waals surface area contributed by atoms with Crippen molar-refractivity contribution in [3.63, 3.8) is 0 Å². The van der Waals surface area contributed by atoms with E-state index in [9.17, 15) is 49.9 Å². The minimum Gasteiger partial charge on any atom is -0.478 e. The van der Waals surface area contributed by atoms with Gasteiger partial charge in [0.15, 0.2) is 11.6 Å². The number of nitrogens with zero attached hydrogens (tertiary/aromatic N) is 3. The average Bonchev–Trinajstić information content (AvgIpc) is 2.39. The van der Waals surface area contributed by atoms with E-state index in [2.05, 4.69) is 0 Å². The van der Waals surface area contributed by atoms with Crippen LogP contribution in [0.5, 0.6) is 0 Å². The Morgan fingerprint density at radius 3 is 1.27 bits per heavy atom. The maximum absolute atomic E-state index is 15.2. The van der Waals surface area contributed by atoms with Crippen LogP contribution >= 0.6 is 11.8 Å². The molecule has 6 rings (SSSR count). The summed E-state index contributed by atoms with van der Waals surface area (Å²) in [5, 5.41) is 55.5. The second-order valence-electron chi connectivity index (χ2n) is 25.0. The minimum absolute atomic E-state index is 0.0745. The molecule has 1 fully saturated rings. The number of β-lactam (4-membered cyclic amide) rings is 1. The van der Waals surface area contributed by atoms with Crippen LogP contribution in [0.3, 0.4) is 0 Å². The summed E-state index contributed by atoms with van der Waals surface area (Å²) in [6.07, 6.45) is -0.515. The van der Waals surface area contributed by atoms with Crippen molar-refractivity contribution in [1.29, 1.82) is 0 Å². The van der Waals surface area contributed by atoms with Gasteiger partial charge in [-0.2, -0.15) is 0 Å². The molecule has 23 heteroatoms. The first-order valence-electron chi connectivity index (χ1n) is 26.5. The smallest absolute Gasteiger partial charge is 0.353 e. The number of carbonyl (C=O) groups is 4. The number of amides is 1. The Balaban J connectivity index is 1.84. The van der Waals surface area contributed by atoms with Crippen LogP contribution in [0, 0.1) is 32.1 Å². The predicted molar refractivity (Wildman–Crippen MR) is 317 cm³/mol. The van der Waals surface area contributed by atoms with E-state index in [0.717, 1.165) is 11.8 Å². The Morgan fingerprint density at radius 1 is 0.580 bits per heavy atom. The predicted octanol–water partition coefficient (Wildman–Crippen LogP) is 13.3. The summed E-state index contributed by atoms with van der Waals surface area (Å²) < 4.78 is 30.6. The highest BCUT2D eigenvalue weighted by Gasteiger charge is 2.71. The fourth-order valence-electron chi connectivity index (χ4n) is 9.22. The highest BCUT2D eigenvalue weighted by Crippen LogP contribution is 2.67. The van der Waals surface area contributed by atoms with E-state index in [1.165, 1.54) is 53.4 Å². The normalized spacial score (nSPS) is 17.2. The molecule has 3 N–H and O–H groups in total. The number of aliphatic carboxylic acids is 1.